The maximum atomic E-state index is 13.7. The van der Waals surface area contributed by atoms with Gasteiger partial charge in [-0.3, -0.25) is 14.4 Å². The van der Waals surface area contributed by atoms with Crippen LogP contribution in [0.4, 0.5) is 0 Å². The van der Waals surface area contributed by atoms with Crippen LogP contribution in [0.2, 0.25) is 5.02 Å². The summed E-state index contributed by atoms with van der Waals surface area (Å²) >= 11 is 6.09. The number of halogens is 1. The van der Waals surface area contributed by atoms with E-state index in [0.29, 0.717) is 48.0 Å². The zero-order valence-electron chi connectivity index (χ0n) is 26.4. The minimum Gasteiger partial charge on any atom is -0.489 e. The number of rotatable bonds is 18. The summed E-state index contributed by atoms with van der Waals surface area (Å²) in [5, 5.41) is 0.742. The monoisotopic (exact) mass is 620 g/mol. The number of esters is 1. The predicted octanol–water partition coefficient (Wildman–Crippen LogP) is 10.2. The molecule has 2 aliphatic rings. The second-order valence-electron chi connectivity index (χ2n) is 12.3. The van der Waals surface area contributed by atoms with E-state index >= 15 is 0 Å². The van der Waals surface area contributed by atoms with E-state index in [1.54, 1.807) is 12.1 Å². The van der Waals surface area contributed by atoms with Crippen molar-refractivity contribution in [2.75, 3.05) is 13.2 Å². The van der Waals surface area contributed by atoms with Crippen LogP contribution in [0.1, 0.15) is 142 Å². The Kier molecular flexibility index (Phi) is 14.0. The summed E-state index contributed by atoms with van der Waals surface area (Å²) in [5.74, 6) is 0.521. The molecule has 0 aliphatic heterocycles. The van der Waals surface area contributed by atoms with Crippen LogP contribution >= 0.6 is 11.6 Å². The lowest BCUT2D eigenvalue weighted by Gasteiger charge is -2.32. The molecule has 2 aromatic rings. The molecule has 238 valence electrons. The summed E-state index contributed by atoms with van der Waals surface area (Å²) in [7, 11) is 0. The van der Waals surface area contributed by atoms with E-state index in [2.05, 4.69) is 12.1 Å². The van der Waals surface area contributed by atoms with Crippen molar-refractivity contribution < 1.29 is 23.9 Å². The van der Waals surface area contributed by atoms with Gasteiger partial charge in [0.25, 0.3) is 0 Å². The zero-order chi connectivity index (χ0) is 31.1. The molecule has 1 saturated carbocycles. The summed E-state index contributed by atoms with van der Waals surface area (Å²) < 4.78 is 11.2. The highest BCUT2D eigenvalue weighted by Gasteiger charge is 2.38. The number of allylic oxidation sites excluding steroid dienone is 2. The van der Waals surface area contributed by atoms with Gasteiger partial charge in [0, 0.05) is 28.1 Å². The van der Waals surface area contributed by atoms with E-state index < -0.39 is 0 Å². The maximum absolute atomic E-state index is 13.7. The van der Waals surface area contributed by atoms with Crippen molar-refractivity contribution in [3.8, 4) is 0 Å². The molecule has 0 radical (unpaired) electrons. The van der Waals surface area contributed by atoms with Gasteiger partial charge >= 0.3 is 5.97 Å². The minimum absolute atomic E-state index is 0.0378. The van der Waals surface area contributed by atoms with E-state index in [1.165, 1.54) is 44.1 Å². The van der Waals surface area contributed by atoms with Crippen molar-refractivity contribution in [3.63, 3.8) is 0 Å². The zero-order valence-corrected chi connectivity index (χ0v) is 27.2. The molecule has 2 aliphatic carbocycles. The third kappa shape index (κ3) is 9.79. The summed E-state index contributed by atoms with van der Waals surface area (Å²) in [6.07, 6.45) is 16.7. The fourth-order valence-electron chi connectivity index (χ4n) is 6.71. The molecule has 0 saturated heterocycles. The summed E-state index contributed by atoms with van der Waals surface area (Å²) in [6, 6.07) is 15.3. The van der Waals surface area contributed by atoms with Gasteiger partial charge in [-0.1, -0.05) is 106 Å². The van der Waals surface area contributed by atoms with Crippen molar-refractivity contribution in [1.29, 1.82) is 0 Å². The topological polar surface area (TPSA) is 69.7 Å². The summed E-state index contributed by atoms with van der Waals surface area (Å²) in [5.41, 5.74) is 2.86. The van der Waals surface area contributed by atoms with Gasteiger partial charge in [0.2, 0.25) is 5.78 Å². The highest BCUT2D eigenvalue weighted by Crippen LogP contribution is 2.42. The first-order chi connectivity index (χ1) is 21.5. The first kappa shape index (κ1) is 34.0. The number of ether oxygens (including phenoxy) is 2. The quantitative estimate of drug-likeness (QED) is 0.122. The predicted molar refractivity (Wildman–Crippen MR) is 176 cm³/mol. The second-order valence-corrected chi connectivity index (χ2v) is 12.8. The molecule has 0 amide bonds. The van der Waals surface area contributed by atoms with Crippen molar-refractivity contribution in [2.45, 2.75) is 116 Å². The van der Waals surface area contributed by atoms with Crippen molar-refractivity contribution in [3.05, 3.63) is 81.6 Å². The molecule has 1 fully saturated rings. The molecule has 0 N–H and O–H groups in total. The van der Waals surface area contributed by atoms with Gasteiger partial charge in [-0.25, -0.2) is 0 Å². The average Bonchev–Trinajstić information content (AvgIpc) is 3.04. The summed E-state index contributed by atoms with van der Waals surface area (Å²) in [6.45, 7) is 2.78. The van der Waals surface area contributed by atoms with Crippen LogP contribution < -0.4 is 0 Å². The maximum Gasteiger partial charge on any atom is 0.305 e. The van der Waals surface area contributed by atoms with Crippen molar-refractivity contribution in [1.82, 2.24) is 0 Å². The molecular weight excluding hydrogens is 572 g/mol. The van der Waals surface area contributed by atoms with Gasteiger partial charge in [0.15, 0.2) is 11.5 Å². The molecule has 5 nitrogen and oxygen atoms in total. The Morgan fingerprint density at radius 2 is 1.23 bits per heavy atom. The average molecular weight is 621 g/mol. The fraction of sp³-hybridized carbons (Fsp3) is 0.553. The highest BCUT2D eigenvalue weighted by atomic mass is 35.5. The molecule has 4 rings (SSSR count). The molecule has 0 unspecified atom stereocenters. The number of unbranched alkanes of at least 4 members (excludes halogenated alkanes) is 10. The number of hydrogen-bond donors (Lipinski definition) is 0. The first-order valence-corrected chi connectivity index (χ1v) is 17.3. The molecule has 0 spiro atoms. The largest absolute Gasteiger partial charge is 0.489 e. The number of hydrogen-bond acceptors (Lipinski definition) is 5. The molecule has 0 heterocycles. The Bertz CT molecular complexity index is 1260. The lowest BCUT2D eigenvalue weighted by molar-refractivity contribution is -0.143. The standard InChI is InChI=1S/C38H49ClO5/c1-2-43-34(40)18-12-10-8-6-4-3-5-7-9-11-15-27-44-38-35(36(41)32-16-13-14-17-33(32)37(38)42)30-21-19-28(20-22-30)29-23-25-31(39)26-24-29/h13-14,16-17,23-26,28,30H,2-12,15,18-22,27H2,1H3. The Morgan fingerprint density at radius 3 is 1.82 bits per heavy atom. The van der Waals surface area contributed by atoms with E-state index in [-0.39, 0.29) is 23.5 Å². The Morgan fingerprint density at radius 1 is 0.705 bits per heavy atom. The van der Waals surface area contributed by atoms with Gasteiger partial charge in [-0.15, -0.1) is 0 Å². The van der Waals surface area contributed by atoms with Crippen LogP contribution in [0.3, 0.4) is 0 Å². The lowest BCUT2D eigenvalue weighted by Crippen LogP contribution is -2.29. The minimum atomic E-state index is -0.143. The smallest absolute Gasteiger partial charge is 0.305 e. The number of ketones is 2. The van der Waals surface area contributed by atoms with Gasteiger partial charge < -0.3 is 9.47 Å². The third-order valence-corrected chi connectivity index (χ3v) is 9.42. The SMILES string of the molecule is CCOC(=O)CCCCCCCCCCCCCOC1=C(C2CCC(c3ccc(Cl)cc3)CC2)C(=O)c2ccccc2C1=O. The van der Waals surface area contributed by atoms with E-state index in [9.17, 15) is 14.4 Å². The van der Waals surface area contributed by atoms with Gasteiger partial charge in [-0.2, -0.15) is 0 Å². The van der Waals surface area contributed by atoms with Crippen LogP contribution in [-0.4, -0.2) is 30.7 Å². The molecule has 2 aromatic carbocycles. The fourth-order valence-corrected chi connectivity index (χ4v) is 6.83. The number of Topliss-reactive ketones (excluding diaryl/α,β-unsaturated/α-hetero) is 2. The molecular formula is C38H49ClO5. The number of fused-ring (bicyclic) bond motifs is 1. The molecule has 6 heteroatoms. The lowest BCUT2D eigenvalue weighted by atomic mass is 9.72. The third-order valence-electron chi connectivity index (χ3n) is 9.17. The van der Waals surface area contributed by atoms with Crippen molar-refractivity contribution in [2.24, 2.45) is 5.92 Å². The van der Waals surface area contributed by atoms with Crippen LogP contribution in [-0.2, 0) is 14.3 Å². The highest BCUT2D eigenvalue weighted by molar-refractivity contribution is 6.30. The normalized spacial score (nSPS) is 18.3. The molecule has 0 atom stereocenters. The Balaban J connectivity index is 1.19. The molecule has 0 bridgehead atoms. The number of carbonyl (C=O) groups is 3. The van der Waals surface area contributed by atoms with E-state index in [1.807, 2.05) is 31.2 Å². The second kappa shape index (κ2) is 18.1. The number of benzene rings is 2. The van der Waals surface area contributed by atoms with Gasteiger partial charge in [0.1, 0.15) is 0 Å². The summed E-state index contributed by atoms with van der Waals surface area (Å²) in [4.78, 5) is 38.7. The van der Waals surface area contributed by atoms with Gasteiger partial charge in [-0.05, 0) is 75.0 Å². The Hall–Kier alpha value is -2.92. The number of carbonyl (C=O) groups excluding carboxylic acids is 3. The van der Waals surface area contributed by atoms with Crippen LogP contribution in [0.15, 0.2) is 59.9 Å². The van der Waals surface area contributed by atoms with Crippen LogP contribution in [0, 0.1) is 5.92 Å². The van der Waals surface area contributed by atoms with Crippen molar-refractivity contribution >= 4 is 29.1 Å². The molecule has 44 heavy (non-hydrogen) atoms. The molecule has 0 aromatic heterocycles. The Labute approximate surface area is 268 Å². The van der Waals surface area contributed by atoms with Gasteiger partial charge in [0.05, 0.1) is 13.2 Å². The first-order valence-electron chi connectivity index (χ1n) is 17.0. The van der Waals surface area contributed by atoms with Crippen LogP contribution in [0.5, 0.6) is 0 Å². The van der Waals surface area contributed by atoms with E-state index in [0.717, 1.165) is 62.8 Å². The van der Waals surface area contributed by atoms with E-state index in [4.69, 9.17) is 21.1 Å². The van der Waals surface area contributed by atoms with Crippen LogP contribution in [0.25, 0.3) is 0 Å².